The molecule has 0 saturated carbocycles. The molecule has 1 aliphatic heterocycles. The quantitative estimate of drug-likeness (QED) is 0.911. The summed E-state index contributed by atoms with van der Waals surface area (Å²) in [6.45, 7) is 2.83. The van der Waals surface area contributed by atoms with Crippen molar-refractivity contribution in [2.75, 3.05) is 19.7 Å². The summed E-state index contributed by atoms with van der Waals surface area (Å²) in [7, 11) is 0. The highest BCUT2D eigenvalue weighted by Gasteiger charge is 2.14. The lowest BCUT2D eigenvalue weighted by molar-refractivity contribution is 0.211. The minimum absolute atomic E-state index is 0.563. The molecule has 2 aromatic heterocycles. The van der Waals surface area contributed by atoms with Gasteiger partial charge in [0.2, 0.25) is 5.88 Å². The summed E-state index contributed by atoms with van der Waals surface area (Å²) < 4.78 is 10.8. The van der Waals surface area contributed by atoms with Gasteiger partial charge in [-0.15, -0.1) is 0 Å². The second kappa shape index (κ2) is 5.84. The molecule has 5 nitrogen and oxygen atoms in total. The molecule has 0 amide bonds. The van der Waals surface area contributed by atoms with Gasteiger partial charge >= 0.3 is 0 Å². The zero-order chi connectivity index (χ0) is 12.9. The topological polar surface area (TPSA) is 60.2 Å². The Labute approximate surface area is 112 Å². The van der Waals surface area contributed by atoms with E-state index >= 15 is 0 Å². The number of ether oxygens (including phenoxy) is 1. The summed E-state index contributed by atoms with van der Waals surface area (Å²) in [5.41, 5.74) is 1.69. The van der Waals surface area contributed by atoms with Crippen LogP contribution in [0.4, 0.5) is 0 Å². The monoisotopic (exact) mass is 259 g/mol. The molecule has 1 atom stereocenters. The van der Waals surface area contributed by atoms with Gasteiger partial charge in [0.15, 0.2) is 0 Å². The van der Waals surface area contributed by atoms with Crippen molar-refractivity contribution in [3.05, 3.63) is 31.0 Å². The van der Waals surface area contributed by atoms with Gasteiger partial charge in [0, 0.05) is 18.0 Å². The molecule has 0 aromatic carbocycles. The van der Waals surface area contributed by atoms with Gasteiger partial charge in [0.05, 0.1) is 37.2 Å². The molecule has 0 bridgehead atoms. The number of nitrogens with zero attached hydrogens (tertiary/aromatic N) is 2. The molecule has 1 N–H and O–H groups in total. The Morgan fingerprint density at radius 3 is 3.21 bits per heavy atom. The Morgan fingerprint density at radius 1 is 1.42 bits per heavy atom. The van der Waals surface area contributed by atoms with Crippen LogP contribution in [0.2, 0.25) is 0 Å². The molecular weight excluding hydrogens is 242 g/mol. The molecule has 5 heteroatoms. The van der Waals surface area contributed by atoms with Crippen LogP contribution in [0.15, 0.2) is 35.4 Å². The van der Waals surface area contributed by atoms with E-state index < -0.39 is 0 Å². The van der Waals surface area contributed by atoms with E-state index in [1.807, 2.05) is 6.07 Å². The van der Waals surface area contributed by atoms with E-state index in [2.05, 4.69) is 15.3 Å². The van der Waals surface area contributed by atoms with Crippen LogP contribution in [0.5, 0.6) is 5.88 Å². The summed E-state index contributed by atoms with van der Waals surface area (Å²) in [4.78, 5) is 8.59. The van der Waals surface area contributed by atoms with Crippen molar-refractivity contribution < 1.29 is 9.15 Å². The van der Waals surface area contributed by atoms with Gasteiger partial charge in [-0.1, -0.05) is 0 Å². The van der Waals surface area contributed by atoms with Crippen molar-refractivity contribution in [3.8, 4) is 17.1 Å². The van der Waals surface area contributed by atoms with Crippen LogP contribution in [-0.2, 0) is 0 Å². The minimum Gasteiger partial charge on any atom is -0.476 e. The molecule has 0 aliphatic carbocycles. The molecule has 1 saturated heterocycles. The third kappa shape index (κ3) is 3.12. The number of aromatic nitrogens is 2. The Bertz CT molecular complexity index is 507. The molecule has 3 rings (SSSR count). The van der Waals surface area contributed by atoms with E-state index in [1.54, 1.807) is 24.9 Å². The summed E-state index contributed by atoms with van der Waals surface area (Å²) in [6.07, 6.45) is 9.06. The van der Waals surface area contributed by atoms with Crippen LogP contribution in [0.25, 0.3) is 11.3 Å². The highest BCUT2D eigenvalue weighted by molar-refractivity contribution is 5.56. The van der Waals surface area contributed by atoms with Crippen molar-refractivity contribution in [2.24, 2.45) is 5.92 Å². The van der Waals surface area contributed by atoms with Crippen molar-refractivity contribution in [1.29, 1.82) is 0 Å². The summed E-state index contributed by atoms with van der Waals surface area (Å²) in [5.74, 6) is 1.14. The summed E-state index contributed by atoms with van der Waals surface area (Å²) in [5, 5.41) is 3.38. The average molecular weight is 259 g/mol. The number of hydrogen-bond donors (Lipinski definition) is 1. The summed E-state index contributed by atoms with van der Waals surface area (Å²) in [6, 6.07) is 1.86. The number of rotatable bonds is 4. The molecule has 100 valence electrons. The van der Waals surface area contributed by atoms with E-state index in [1.165, 1.54) is 12.8 Å². The van der Waals surface area contributed by atoms with Crippen molar-refractivity contribution in [3.63, 3.8) is 0 Å². The molecule has 1 fully saturated rings. The SMILES string of the molecule is c1cc(-c2cncc(OCC3CCCNC3)n2)co1. The third-order valence-electron chi connectivity index (χ3n) is 3.30. The highest BCUT2D eigenvalue weighted by Crippen LogP contribution is 2.19. The first kappa shape index (κ1) is 12.2. The van der Waals surface area contributed by atoms with Gasteiger partial charge in [-0.3, -0.25) is 4.98 Å². The maximum absolute atomic E-state index is 5.74. The largest absolute Gasteiger partial charge is 0.476 e. The zero-order valence-corrected chi connectivity index (χ0v) is 10.7. The van der Waals surface area contributed by atoms with Gasteiger partial charge in [-0.2, -0.15) is 0 Å². The normalized spacial score (nSPS) is 19.3. The second-order valence-corrected chi connectivity index (χ2v) is 4.78. The maximum Gasteiger partial charge on any atom is 0.232 e. The predicted molar refractivity (Wildman–Crippen MR) is 70.8 cm³/mol. The molecular formula is C14H17N3O2. The first-order valence-electron chi connectivity index (χ1n) is 6.60. The van der Waals surface area contributed by atoms with Gasteiger partial charge in [-0.05, 0) is 25.5 Å². The third-order valence-corrected chi connectivity index (χ3v) is 3.30. The van der Waals surface area contributed by atoms with Crippen LogP contribution in [-0.4, -0.2) is 29.7 Å². The molecule has 0 radical (unpaired) electrons. The average Bonchev–Trinajstić information content (AvgIpc) is 3.01. The van der Waals surface area contributed by atoms with Gasteiger partial charge in [-0.25, -0.2) is 4.98 Å². The lowest BCUT2D eigenvalue weighted by atomic mass is 10.0. The van der Waals surface area contributed by atoms with Crippen LogP contribution in [0, 0.1) is 5.92 Å². The van der Waals surface area contributed by atoms with Gasteiger partial charge < -0.3 is 14.5 Å². The van der Waals surface area contributed by atoms with Gasteiger partial charge in [0.1, 0.15) is 0 Å². The zero-order valence-electron chi connectivity index (χ0n) is 10.7. The molecule has 19 heavy (non-hydrogen) atoms. The Hall–Kier alpha value is -1.88. The van der Waals surface area contributed by atoms with Crippen LogP contribution < -0.4 is 10.1 Å². The molecule has 0 spiro atoms. The molecule has 3 heterocycles. The lowest BCUT2D eigenvalue weighted by Crippen LogP contribution is -2.33. The fraction of sp³-hybridized carbons (Fsp3) is 0.429. The Morgan fingerprint density at radius 2 is 2.42 bits per heavy atom. The first-order valence-corrected chi connectivity index (χ1v) is 6.60. The van der Waals surface area contributed by atoms with Crippen molar-refractivity contribution >= 4 is 0 Å². The molecule has 1 aliphatic rings. The van der Waals surface area contributed by atoms with E-state index in [0.29, 0.717) is 18.4 Å². The number of furan rings is 1. The standard InChI is InChI=1S/C14H17N3O2/c1-2-11(6-15-4-1)9-19-14-8-16-7-13(17-14)12-3-5-18-10-12/h3,5,7-8,10-11,15H,1-2,4,6,9H2. The first-order chi connectivity index (χ1) is 9.42. The number of piperidine rings is 1. The van der Waals surface area contributed by atoms with Gasteiger partial charge in [0.25, 0.3) is 0 Å². The van der Waals surface area contributed by atoms with E-state index in [4.69, 9.17) is 9.15 Å². The summed E-state index contributed by atoms with van der Waals surface area (Å²) >= 11 is 0. The predicted octanol–water partition coefficient (Wildman–Crippen LogP) is 2.11. The fourth-order valence-corrected chi connectivity index (χ4v) is 2.24. The van der Waals surface area contributed by atoms with Crippen molar-refractivity contribution in [2.45, 2.75) is 12.8 Å². The van der Waals surface area contributed by atoms with Crippen LogP contribution in [0.1, 0.15) is 12.8 Å². The fourth-order valence-electron chi connectivity index (χ4n) is 2.24. The number of nitrogens with one attached hydrogen (secondary N) is 1. The lowest BCUT2D eigenvalue weighted by Gasteiger charge is -2.22. The molecule has 1 unspecified atom stereocenters. The second-order valence-electron chi connectivity index (χ2n) is 4.78. The van der Waals surface area contributed by atoms with E-state index in [-0.39, 0.29) is 0 Å². The van der Waals surface area contributed by atoms with E-state index in [9.17, 15) is 0 Å². The smallest absolute Gasteiger partial charge is 0.232 e. The Balaban J connectivity index is 1.63. The van der Waals surface area contributed by atoms with Crippen LogP contribution in [0.3, 0.4) is 0 Å². The van der Waals surface area contributed by atoms with Crippen LogP contribution >= 0.6 is 0 Å². The number of hydrogen-bond acceptors (Lipinski definition) is 5. The highest BCUT2D eigenvalue weighted by atomic mass is 16.5. The maximum atomic E-state index is 5.74. The van der Waals surface area contributed by atoms with Crippen molar-refractivity contribution in [1.82, 2.24) is 15.3 Å². The minimum atomic E-state index is 0.563. The van der Waals surface area contributed by atoms with E-state index in [0.717, 1.165) is 24.3 Å². The Kier molecular flexibility index (Phi) is 3.74. The molecule has 2 aromatic rings.